The lowest BCUT2D eigenvalue weighted by Gasteiger charge is -2.11. The maximum Gasteiger partial charge on any atom is 0.335 e. The van der Waals surface area contributed by atoms with Crippen LogP contribution >= 0.6 is 0 Å². The van der Waals surface area contributed by atoms with Crippen LogP contribution in [-0.4, -0.2) is 33.0 Å². The lowest BCUT2D eigenvalue weighted by molar-refractivity contribution is 0.0696. The summed E-state index contributed by atoms with van der Waals surface area (Å²) < 4.78 is 12.5. The van der Waals surface area contributed by atoms with E-state index in [1.54, 1.807) is 10.6 Å². The van der Waals surface area contributed by atoms with Crippen LogP contribution in [0.2, 0.25) is 0 Å². The summed E-state index contributed by atoms with van der Waals surface area (Å²) in [6.07, 6.45) is 0. The van der Waals surface area contributed by atoms with Crippen molar-refractivity contribution in [3.8, 4) is 11.5 Å². The van der Waals surface area contributed by atoms with Crippen molar-refractivity contribution >= 4 is 5.97 Å². The number of benzene rings is 1. The Hall–Kier alpha value is -2.57. The maximum atomic E-state index is 11.0. The highest BCUT2D eigenvalue weighted by atomic mass is 16.5. The number of aromatic carboxylic acids is 1. The van der Waals surface area contributed by atoms with Gasteiger partial charge in [-0.05, 0) is 25.1 Å². The number of methoxy groups -OCH3 is 1. The molecule has 0 saturated heterocycles. The summed E-state index contributed by atoms with van der Waals surface area (Å²) in [6.45, 7) is 2.01. The number of carboxylic acids is 1. The molecule has 0 aliphatic rings. The van der Waals surface area contributed by atoms with Crippen molar-refractivity contribution < 1.29 is 19.4 Å². The van der Waals surface area contributed by atoms with Gasteiger partial charge in [0, 0.05) is 7.05 Å². The number of hydrogen-bond donors (Lipinski definition) is 1. The standard InChI is InChI=1S/C13H15N3O4/c1-8-14-15-12(16(8)2)7-20-11-6-9(13(17)18)4-5-10(11)19-3/h4-6H,7H2,1-3H3,(H,17,18). The van der Waals surface area contributed by atoms with Gasteiger partial charge in [0.2, 0.25) is 0 Å². The first kappa shape index (κ1) is 13.9. The molecule has 1 heterocycles. The van der Waals surface area contributed by atoms with Crippen LogP contribution in [-0.2, 0) is 13.7 Å². The third kappa shape index (κ3) is 2.71. The largest absolute Gasteiger partial charge is 0.493 e. The molecule has 2 rings (SSSR count). The molecule has 0 saturated carbocycles. The fraction of sp³-hybridized carbons (Fsp3) is 0.308. The first-order chi connectivity index (χ1) is 9.52. The number of aromatic nitrogens is 3. The van der Waals surface area contributed by atoms with Crippen LogP contribution < -0.4 is 9.47 Å². The first-order valence-electron chi connectivity index (χ1n) is 5.92. The topological polar surface area (TPSA) is 86.5 Å². The molecule has 0 fully saturated rings. The average Bonchev–Trinajstić information content (AvgIpc) is 2.76. The van der Waals surface area contributed by atoms with Crippen molar-refractivity contribution in [3.63, 3.8) is 0 Å². The molecule has 1 aromatic carbocycles. The van der Waals surface area contributed by atoms with E-state index in [9.17, 15) is 4.79 Å². The van der Waals surface area contributed by atoms with Gasteiger partial charge in [0.25, 0.3) is 0 Å². The zero-order valence-corrected chi connectivity index (χ0v) is 11.5. The van der Waals surface area contributed by atoms with Crippen molar-refractivity contribution in [2.24, 2.45) is 7.05 Å². The summed E-state index contributed by atoms with van der Waals surface area (Å²) in [6, 6.07) is 4.44. The summed E-state index contributed by atoms with van der Waals surface area (Å²) in [7, 11) is 3.33. The highest BCUT2D eigenvalue weighted by molar-refractivity contribution is 5.88. The van der Waals surface area contributed by atoms with E-state index < -0.39 is 5.97 Å². The van der Waals surface area contributed by atoms with Gasteiger partial charge < -0.3 is 19.1 Å². The number of rotatable bonds is 5. The summed E-state index contributed by atoms with van der Waals surface area (Å²) in [5, 5.41) is 16.9. The second-order valence-corrected chi connectivity index (χ2v) is 4.18. The second-order valence-electron chi connectivity index (χ2n) is 4.18. The van der Waals surface area contributed by atoms with Gasteiger partial charge in [-0.15, -0.1) is 10.2 Å². The van der Waals surface area contributed by atoms with Gasteiger partial charge in [-0.2, -0.15) is 0 Å². The monoisotopic (exact) mass is 277 g/mol. The predicted octanol–water partition coefficient (Wildman–Crippen LogP) is 1.41. The molecule has 1 aromatic heterocycles. The molecule has 0 radical (unpaired) electrons. The Kier molecular flexibility index (Phi) is 3.88. The van der Waals surface area contributed by atoms with Crippen LogP contribution in [0.1, 0.15) is 22.0 Å². The van der Waals surface area contributed by atoms with Crippen LogP contribution in [0.3, 0.4) is 0 Å². The van der Waals surface area contributed by atoms with Crippen LogP contribution in [0.5, 0.6) is 11.5 Å². The second kappa shape index (κ2) is 5.60. The minimum absolute atomic E-state index is 0.134. The van der Waals surface area contributed by atoms with E-state index in [1.807, 2.05) is 14.0 Å². The molecule has 0 spiro atoms. The van der Waals surface area contributed by atoms with E-state index in [4.69, 9.17) is 14.6 Å². The van der Waals surface area contributed by atoms with Crippen LogP contribution in [0.15, 0.2) is 18.2 Å². The Labute approximate surface area is 115 Å². The molecule has 0 bridgehead atoms. The maximum absolute atomic E-state index is 11.0. The molecule has 7 nitrogen and oxygen atoms in total. The molecule has 0 amide bonds. The number of ether oxygens (including phenoxy) is 2. The minimum Gasteiger partial charge on any atom is -0.493 e. The smallest absolute Gasteiger partial charge is 0.335 e. The predicted molar refractivity (Wildman–Crippen MR) is 70.0 cm³/mol. The average molecular weight is 277 g/mol. The van der Waals surface area contributed by atoms with Gasteiger partial charge in [0.1, 0.15) is 12.4 Å². The summed E-state index contributed by atoms with van der Waals surface area (Å²) in [5.74, 6) is 1.22. The van der Waals surface area contributed by atoms with Gasteiger partial charge in [0.15, 0.2) is 17.3 Å². The number of nitrogens with zero attached hydrogens (tertiary/aromatic N) is 3. The Morgan fingerprint density at radius 2 is 2.10 bits per heavy atom. The van der Waals surface area contributed by atoms with Crippen molar-refractivity contribution in [1.29, 1.82) is 0 Å². The molecular formula is C13H15N3O4. The van der Waals surface area contributed by atoms with E-state index in [-0.39, 0.29) is 12.2 Å². The third-order valence-electron chi connectivity index (χ3n) is 2.95. The highest BCUT2D eigenvalue weighted by Gasteiger charge is 2.12. The van der Waals surface area contributed by atoms with Crippen LogP contribution in [0.25, 0.3) is 0 Å². The van der Waals surface area contributed by atoms with Gasteiger partial charge in [-0.25, -0.2) is 4.79 Å². The molecular weight excluding hydrogens is 262 g/mol. The molecule has 0 unspecified atom stereocenters. The van der Waals surface area contributed by atoms with Crippen molar-refractivity contribution in [3.05, 3.63) is 35.4 Å². The molecule has 0 aliphatic carbocycles. The lowest BCUT2D eigenvalue weighted by atomic mass is 10.2. The number of aryl methyl sites for hydroxylation is 1. The Morgan fingerprint density at radius 1 is 1.35 bits per heavy atom. The number of carbonyl (C=O) groups is 1. The van der Waals surface area contributed by atoms with E-state index in [2.05, 4.69) is 10.2 Å². The molecule has 0 aliphatic heterocycles. The van der Waals surface area contributed by atoms with E-state index >= 15 is 0 Å². The van der Waals surface area contributed by atoms with E-state index in [0.717, 1.165) is 5.82 Å². The summed E-state index contributed by atoms with van der Waals surface area (Å²) >= 11 is 0. The fourth-order valence-electron chi connectivity index (χ4n) is 1.64. The number of hydrogen-bond acceptors (Lipinski definition) is 5. The Bertz CT molecular complexity index is 637. The summed E-state index contributed by atoms with van der Waals surface area (Å²) in [4.78, 5) is 11.0. The molecule has 7 heteroatoms. The van der Waals surface area contributed by atoms with Gasteiger partial charge in [0.05, 0.1) is 12.7 Å². The first-order valence-corrected chi connectivity index (χ1v) is 5.92. The van der Waals surface area contributed by atoms with Crippen molar-refractivity contribution in [2.75, 3.05) is 7.11 Å². The molecule has 20 heavy (non-hydrogen) atoms. The van der Waals surface area contributed by atoms with Crippen molar-refractivity contribution in [2.45, 2.75) is 13.5 Å². The molecule has 0 atom stereocenters. The molecule has 1 N–H and O–H groups in total. The SMILES string of the molecule is COc1ccc(C(=O)O)cc1OCc1nnc(C)n1C. The third-order valence-corrected chi connectivity index (χ3v) is 2.95. The number of carboxylic acid groups (broad SMARTS) is 1. The Morgan fingerprint density at radius 3 is 2.65 bits per heavy atom. The zero-order valence-electron chi connectivity index (χ0n) is 11.5. The molecule has 2 aromatic rings. The van der Waals surface area contributed by atoms with E-state index in [0.29, 0.717) is 17.3 Å². The minimum atomic E-state index is -1.02. The van der Waals surface area contributed by atoms with Gasteiger partial charge >= 0.3 is 5.97 Å². The fourth-order valence-corrected chi connectivity index (χ4v) is 1.64. The zero-order chi connectivity index (χ0) is 14.7. The van der Waals surface area contributed by atoms with Crippen LogP contribution in [0.4, 0.5) is 0 Å². The highest BCUT2D eigenvalue weighted by Crippen LogP contribution is 2.28. The summed E-state index contributed by atoms with van der Waals surface area (Å²) in [5.41, 5.74) is 0.134. The van der Waals surface area contributed by atoms with Crippen LogP contribution in [0, 0.1) is 6.92 Å². The van der Waals surface area contributed by atoms with Gasteiger partial charge in [-0.3, -0.25) is 0 Å². The molecule has 106 valence electrons. The van der Waals surface area contributed by atoms with E-state index in [1.165, 1.54) is 19.2 Å². The quantitative estimate of drug-likeness (QED) is 0.889. The lowest BCUT2D eigenvalue weighted by Crippen LogP contribution is -2.06. The Balaban J connectivity index is 2.21. The van der Waals surface area contributed by atoms with Gasteiger partial charge in [-0.1, -0.05) is 0 Å². The van der Waals surface area contributed by atoms with Crippen molar-refractivity contribution in [1.82, 2.24) is 14.8 Å². The normalized spacial score (nSPS) is 10.3.